The third-order valence-electron chi connectivity index (χ3n) is 3.10. The van der Waals surface area contributed by atoms with Crippen LogP contribution in [0.4, 0.5) is 0 Å². The Balaban J connectivity index is 1.78. The van der Waals surface area contributed by atoms with Gasteiger partial charge in [-0.25, -0.2) is 0 Å². The SMILES string of the molecule is CC1CCC1N[C@@H]1COC[C@H]1O. The number of aliphatic hydroxyl groups is 1. The maximum Gasteiger partial charge on any atom is 0.0948 e. The van der Waals surface area contributed by atoms with Crippen molar-refractivity contribution < 1.29 is 9.84 Å². The van der Waals surface area contributed by atoms with Crippen molar-refractivity contribution in [3.8, 4) is 0 Å². The first-order valence-corrected chi connectivity index (χ1v) is 4.79. The lowest BCUT2D eigenvalue weighted by molar-refractivity contribution is 0.114. The molecule has 0 radical (unpaired) electrons. The van der Waals surface area contributed by atoms with E-state index in [4.69, 9.17) is 4.74 Å². The molecule has 0 spiro atoms. The fraction of sp³-hybridized carbons (Fsp3) is 1.00. The lowest BCUT2D eigenvalue weighted by Gasteiger charge is -2.37. The number of rotatable bonds is 2. The van der Waals surface area contributed by atoms with E-state index < -0.39 is 0 Å². The molecule has 4 atom stereocenters. The van der Waals surface area contributed by atoms with Gasteiger partial charge in [-0.1, -0.05) is 6.92 Å². The standard InChI is InChI=1S/C9H17NO2/c1-6-2-3-7(6)10-8-4-12-5-9(8)11/h6-11H,2-5H2,1H3/t6?,7?,8-,9-/m1/s1. The normalized spacial score (nSPS) is 47.5. The van der Waals surface area contributed by atoms with Gasteiger partial charge in [-0.3, -0.25) is 0 Å². The van der Waals surface area contributed by atoms with Crippen molar-refractivity contribution in [1.29, 1.82) is 0 Å². The summed E-state index contributed by atoms with van der Waals surface area (Å²) in [5.74, 6) is 0.776. The maximum atomic E-state index is 9.46. The molecule has 1 aliphatic carbocycles. The summed E-state index contributed by atoms with van der Waals surface area (Å²) >= 11 is 0. The number of aliphatic hydroxyl groups excluding tert-OH is 1. The van der Waals surface area contributed by atoms with Crippen LogP contribution in [0.25, 0.3) is 0 Å². The Hall–Kier alpha value is -0.120. The molecule has 2 N–H and O–H groups in total. The summed E-state index contributed by atoms with van der Waals surface area (Å²) in [6, 6.07) is 0.795. The van der Waals surface area contributed by atoms with Crippen LogP contribution in [0.15, 0.2) is 0 Å². The Morgan fingerprint density at radius 2 is 2.08 bits per heavy atom. The largest absolute Gasteiger partial charge is 0.389 e. The van der Waals surface area contributed by atoms with Crippen molar-refractivity contribution in [3.05, 3.63) is 0 Å². The molecule has 12 heavy (non-hydrogen) atoms. The quantitative estimate of drug-likeness (QED) is 0.620. The topological polar surface area (TPSA) is 41.5 Å². The second kappa shape index (κ2) is 3.32. The highest BCUT2D eigenvalue weighted by Crippen LogP contribution is 2.27. The number of hydrogen-bond donors (Lipinski definition) is 2. The van der Waals surface area contributed by atoms with Crippen LogP contribution in [-0.4, -0.2) is 36.5 Å². The molecule has 1 saturated heterocycles. The first kappa shape index (κ1) is 8.48. The van der Waals surface area contributed by atoms with Crippen molar-refractivity contribution >= 4 is 0 Å². The zero-order valence-corrected chi connectivity index (χ0v) is 7.49. The summed E-state index contributed by atoms with van der Waals surface area (Å²) in [7, 11) is 0. The molecule has 2 fully saturated rings. The van der Waals surface area contributed by atoms with Crippen LogP contribution in [-0.2, 0) is 4.74 Å². The zero-order valence-electron chi connectivity index (χ0n) is 7.49. The molecule has 0 amide bonds. The first-order valence-electron chi connectivity index (χ1n) is 4.79. The summed E-state index contributed by atoms with van der Waals surface area (Å²) in [6.07, 6.45) is 2.28. The van der Waals surface area contributed by atoms with Crippen LogP contribution in [0.3, 0.4) is 0 Å². The van der Waals surface area contributed by atoms with Crippen LogP contribution >= 0.6 is 0 Å². The minimum atomic E-state index is -0.294. The second-order valence-electron chi connectivity index (χ2n) is 4.04. The summed E-state index contributed by atoms with van der Waals surface area (Å²) in [6.45, 7) is 3.42. The lowest BCUT2D eigenvalue weighted by atomic mass is 9.80. The van der Waals surface area contributed by atoms with E-state index in [1.807, 2.05) is 0 Å². The first-order chi connectivity index (χ1) is 5.77. The fourth-order valence-electron chi connectivity index (χ4n) is 1.89. The predicted octanol–water partition coefficient (Wildman–Crippen LogP) is 0.134. The molecular formula is C9H17NO2. The molecule has 3 nitrogen and oxygen atoms in total. The molecule has 0 aromatic rings. The summed E-state index contributed by atoms with van der Waals surface area (Å²) in [5.41, 5.74) is 0. The van der Waals surface area contributed by atoms with Gasteiger partial charge >= 0.3 is 0 Å². The van der Waals surface area contributed by atoms with E-state index in [1.54, 1.807) is 0 Å². The molecule has 2 aliphatic rings. The lowest BCUT2D eigenvalue weighted by Crippen LogP contribution is -2.51. The van der Waals surface area contributed by atoms with Gasteiger partial charge in [-0.15, -0.1) is 0 Å². The second-order valence-corrected chi connectivity index (χ2v) is 4.04. The molecule has 0 bridgehead atoms. The van der Waals surface area contributed by atoms with Gasteiger partial charge in [0, 0.05) is 6.04 Å². The highest BCUT2D eigenvalue weighted by Gasteiger charge is 2.33. The van der Waals surface area contributed by atoms with Crippen LogP contribution in [0.1, 0.15) is 19.8 Å². The van der Waals surface area contributed by atoms with Gasteiger partial charge in [-0.2, -0.15) is 0 Å². The average Bonchev–Trinajstić information content (AvgIpc) is 2.44. The van der Waals surface area contributed by atoms with Gasteiger partial charge in [0.1, 0.15) is 0 Å². The van der Waals surface area contributed by atoms with Crippen molar-refractivity contribution in [1.82, 2.24) is 5.32 Å². The maximum absolute atomic E-state index is 9.46. The Bertz CT molecular complexity index is 163. The van der Waals surface area contributed by atoms with Crippen LogP contribution < -0.4 is 5.32 Å². The smallest absolute Gasteiger partial charge is 0.0948 e. The molecule has 2 unspecified atom stereocenters. The van der Waals surface area contributed by atoms with Gasteiger partial charge in [0.2, 0.25) is 0 Å². The van der Waals surface area contributed by atoms with Gasteiger partial charge < -0.3 is 15.2 Å². The zero-order chi connectivity index (χ0) is 8.55. The molecule has 2 rings (SSSR count). The van der Waals surface area contributed by atoms with E-state index in [9.17, 15) is 5.11 Å². The highest BCUT2D eigenvalue weighted by atomic mass is 16.5. The van der Waals surface area contributed by atoms with E-state index >= 15 is 0 Å². The molecule has 0 aromatic carbocycles. The van der Waals surface area contributed by atoms with Gasteiger partial charge in [0.05, 0.1) is 25.4 Å². The summed E-state index contributed by atoms with van der Waals surface area (Å²) in [4.78, 5) is 0. The Labute approximate surface area is 73.1 Å². The van der Waals surface area contributed by atoms with Crippen molar-refractivity contribution in [2.45, 2.75) is 38.0 Å². The minimum Gasteiger partial charge on any atom is -0.389 e. The van der Waals surface area contributed by atoms with E-state index in [0.717, 1.165) is 5.92 Å². The molecule has 1 aliphatic heterocycles. The summed E-state index contributed by atoms with van der Waals surface area (Å²) in [5, 5.41) is 12.9. The van der Waals surface area contributed by atoms with Crippen LogP contribution in [0.5, 0.6) is 0 Å². The van der Waals surface area contributed by atoms with Gasteiger partial charge in [0.25, 0.3) is 0 Å². The summed E-state index contributed by atoms with van der Waals surface area (Å²) < 4.78 is 5.16. The number of hydrogen-bond acceptors (Lipinski definition) is 3. The Morgan fingerprint density at radius 1 is 1.25 bits per heavy atom. The van der Waals surface area contributed by atoms with Crippen molar-refractivity contribution in [2.24, 2.45) is 5.92 Å². The van der Waals surface area contributed by atoms with Crippen LogP contribution in [0.2, 0.25) is 0 Å². The minimum absolute atomic E-state index is 0.178. The molecular weight excluding hydrogens is 154 g/mol. The molecule has 70 valence electrons. The van der Waals surface area contributed by atoms with Gasteiger partial charge in [-0.05, 0) is 18.8 Å². The van der Waals surface area contributed by atoms with Crippen molar-refractivity contribution in [3.63, 3.8) is 0 Å². The molecule has 0 aromatic heterocycles. The van der Waals surface area contributed by atoms with E-state index in [-0.39, 0.29) is 12.1 Å². The predicted molar refractivity (Wildman–Crippen MR) is 45.9 cm³/mol. The van der Waals surface area contributed by atoms with Crippen molar-refractivity contribution in [2.75, 3.05) is 13.2 Å². The third-order valence-corrected chi connectivity index (χ3v) is 3.10. The Kier molecular flexibility index (Phi) is 2.35. The van der Waals surface area contributed by atoms with E-state index in [0.29, 0.717) is 19.3 Å². The monoisotopic (exact) mass is 171 g/mol. The molecule has 1 saturated carbocycles. The number of ether oxygens (including phenoxy) is 1. The van der Waals surface area contributed by atoms with E-state index in [1.165, 1.54) is 12.8 Å². The molecule has 3 heteroatoms. The third kappa shape index (κ3) is 1.49. The highest BCUT2D eigenvalue weighted by molar-refractivity contribution is 4.90. The van der Waals surface area contributed by atoms with Crippen LogP contribution in [0, 0.1) is 5.92 Å². The van der Waals surface area contributed by atoms with Gasteiger partial charge in [0.15, 0.2) is 0 Å². The number of nitrogens with one attached hydrogen (secondary N) is 1. The average molecular weight is 171 g/mol. The Morgan fingerprint density at radius 3 is 2.50 bits per heavy atom. The molecule has 1 heterocycles. The fourth-order valence-corrected chi connectivity index (χ4v) is 1.89. The van der Waals surface area contributed by atoms with E-state index in [2.05, 4.69) is 12.2 Å².